The summed E-state index contributed by atoms with van der Waals surface area (Å²) >= 11 is 3.37. The summed E-state index contributed by atoms with van der Waals surface area (Å²) in [6.07, 6.45) is -3.42. The van der Waals surface area contributed by atoms with E-state index in [2.05, 4.69) is 15.9 Å². The second-order valence-electron chi connectivity index (χ2n) is 4.59. The number of nitrogens with zero attached hydrogens (tertiary/aromatic N) is 1. The molecule has 0 bridgehead atoms. The number of rotatable bonds is 3. The van der Waals surface area contributed by atoms with Crippen molar-refractivity contribution in [1.82, 2.24) is 4.90 Å². The fourth-order valence-corrected chi connectivity index (χ4v) is 2.73. The molecule has 1 aliphatic heterocycles. The highest BCUT2D eigenvalue weighted by Gasteiger charge is 2.30. The van der Waals surface area contributed by atoms with Crippen LogP contribution in [0.4, 0.5) is 13.2 Å². The third kappa shape index (κ3) is 3.72. The summed E-state index contributed by atoms with van der Waals surface area (Å²) < 4.78 is 37.7. The van der Waals surface area contributed by atoms with Crippen LogP contribution in [0.2, 0.25) is 0 Å². The largest absolute Gasteiger partial charge is 0.416 e. The zero-order chi connectivity index (χ0) is 14.0. The molecular formula is C13H13BrF3NO. The molecule has 0 aromatic heterocycles. The van der Waals surface area contributed by atoms with Gasteiger partial charge in [0.25, 0.3) is 0 Å². The molecular weight excluding hydrogens is 323 g/mol. The molecule has 1 aromatic rings. The van der Waals surface area contributed by atoms with E-state index in [-0.39, 0.29) is 10.7 Å². The van der Waals surface area contributed by atoms with Crippen LogP contribution in [0.5, 0.6) is 0 Å². The van der Waals surface area contributed by atoms with Gasteiger partial charge in [0.05, 0.1) is 5.56 Å². The molecule has 2 nitrogen and oxygen atoms in total. The van der Waals surface area contributed by atoms with Crippen molar-refractivity contribution in [2.24, 2.45) is 0 Å². The lowest BCUT2D eigenvalue weighted by Crippen LogP contribution is -2.27. The third-order valence-corrected chi connectivity index (χ3v) is 3.71. The van der Waals surface area contributed by atoms with Crippen LogP contribution in [-0.4, -0.2) is 28.7 Å². The quantitative estimate of drug-likeness (QED) is 0.776. The van der Waals surface area contributed by atoms with Crippen LogP contribution in [0, 0.1) is 0 Å². The van der Waals surface area contributed by atoms with Crippen molar-refractivity contribution < 1.29 is 18.0 Å². The molecule has 1 atom stereocenters. The Morgan fingerprint density at radius 2 is 2.11 bits per heavy atom. The highest BCUT2D eigenvalue weighted by molar-refractivity contribution is 9.09. The fraction of sp³-hybridized carbons (Fsp3) is 0.462. The molecule has 0 aliphatic carbocycles. The molecule has 0 saturated carbocycles. The number of carbonyl (C=O) groups excluding carboxylic acids is 1. The molecule has 1 aliphatic rings. The lowest BCUT2D eigenvalue weighted by atomic mass is 10.1. The van der Waals surface area contributed by atoms with Gasteiger partial charge in [0.15, 0.2) is 0 Å². The SMILES string of the molecule is O=C1CC(Br)CN1CCc1cccc(C(F)(F)F)c1. The molecule has 1 amide bonds. The Bertz CT molecular complexity index is 475. The van der Waals surface area contributed by atoms with E-state index >= 15 is 0 Å². The summed E-state index contributed by atoms with van der Waals surface area (Å²) in [5, 5.41) is 0. The summed E-state index contributed by atoms with van der Waals surface area (Å²) in [5.41, 5.74) is -0.0447. The van der Waals surface area contributed by atoms with Gasteiger partial charge in [0.2, 0.25) is 5.91 Å². The van der Waals surface area contributed by atoms with Crippen molar-refractivity contribution in [3.05, 3.63) is 35.4 Å². The molecule has 1 unspecified atom stereocenters. The standard InChI is InChI=1S/C13H13BrF3NO/c14-11-7-12(19)18(8-11)5-4-9-2-1-3-10(6-9)13(15,16)17/h1-3,6,11H,4-5,7-8H2. The van der Waals surface area contributed by atoms with Crippen molar-refractivity contribution in [2.75, 3.05) is 13.1 Å². The molecule has 0 radical (unpaired) electrons. The van der Waals surface area contributed by atoms with E-state index in [1.807, 2.05) is 0 Å². The predicted molar refractivity (Wildman–Crippen MR) is 69.1 cm³/mol. The minimum atomic E-state index is -4.32. The Labute approximate surface area is 117 Å². The highest BCUT2D eigenvalue weighted by Crippen LogP contribution is 2.29. The van der Waals surface area contributed by atoms with E-state index in [1.54, 1.807) is 11.0 Å². The number of benzene rings is 1. The Morgan fingerprint density at radius 1 is 1.37 bits per heavy atom. The van der Waals surface area contributed by atoms with Gasteiger partial charge < -0.3 is 4.90 Å². The van der Waals surface area contributed by atoms with Crippen molar-refractivity contribution in [3.8, 4) is 0 Å². The Balaban J connectivity index is 1.98. The number of likely N-dealkylation sites (tertiary alicyclic amines) is 1. The molecule has 1 fully saturated rings. The maximum atomic E-state index is 12.6. The average molecular weight is 336 g/mol. The zero-order valence-electron chi connectivity index (χ0n) is 10.1. The first-order valence-electron chi connectivity index (χ1n) is 5.94. The van der Waals surface area contributed by atoms with E-state index in [1.165, 1.54) is 6.07 Å². The molecule has 1 saturated heterocycles. The van der Waals surface area contributed by atoms with Crippen LogP contribution >= 0.6 is 15.9 Å². The van der Waals surface area contributed by atoms with Gasteiger partial charge in [0.1, 0.15) is 0 Å². The maximum absolute atomic E-state index is 12.6. The van der Waals surface area contributed by atoms with Crippen molar-refractivity contribution in [2.45, 2.75) is 23.8 Å². The fourth-order valence-electron chi connectivity index (χ4n) is 2.11. The summed E-state index contributed by atoms with van der Waals surface area (Å²) in [7, 11) is 0. The lowest BCUT2D eigenvalue weighted by Gasteiger charge is -2.16. The topological polar surface area (TPSA) is 20.3 Å². The second kappa shape index (κ2) is 5.53. The van der Waals surface area contributed by atoms with Crippen molar-refractivity contribution in [1.29, 1.82) is 0 Å². The van der Waals surface area contributed by atoms with Crippen molar-refractivity contribution >= 4 is 21.8 Å². The van der Waals surface area contributed by atoms with Crippen LogP contribution in [0.15, 0.2) is 24.3 Å². The van der Waals surface area contributed by atoms with Crippen molar-refractivity contribution in [3.63, 3.8) is 0 Å². The highest BCUT2D eigenvalue weighted by atomic mass is 79.9. The monoisotopic (exact) mass is 335 g/mol. The second-order valence-corrected chi connectivity index (χ2v) is 5.88. The van der Waals surface area contributed by atoms with Gasteiger partial charge in [-0.2, -0.15) is 13.2 Å². The zero-order valence-corrected chi connectivity index (χ0v) is 11.7. The first-order valence-corrected chi connectivity index (χ1v) is 6.86. The summed E-state index contributed by atoms with van der Waals surface area (Å²) in [6, 6.07) is 5.25. The molecule has 19 heavy (non-hydrogen) atoms. The van der Waals surface area contributed by atoms with Crippen LogP contribution in [0.3, 0.4) is 0 Å². The van der Waals surface area contributed by atoms with E-state index in [0.29, 0.717) is 31.5 Å². The number of carbonyl (C=O) groups is 1. The van der Waals surface area contributed by atoms with E-state index in [0.717, 1.165) is 12.1 Å². The third-order valence-electron chi connectivity index (χ3n) is 3.09. The van der Waals surface area contributed by atoms with Gasteiger partial charge in [-0.1, -0.05) is 34.1 Å². The predicted octanol–water partition coefficient (Wildman–Crippen LogP) is 3.24. The number of hydrogen-bond donors (Lipinski definition) is 0. The molecule has 104 valence electrons. The molecule has 1 heterocycles. The van der Waals surface area contributed by atoms with Crippen LogP contribution < -0.4 is 0 Å². The van der Waals surface area contributed by atoms with Crippen LogP contribution in [0.25, 0.3) is 0 Å². The van der Waals surface area contributed by atoms with Crippen LogP contribution in [-0.2, 0) is 17.4 Å². The first kappa shape index (κ1) is 14.4. The normalized spacial score (nSPS) is 20.1. The van der Waals surface area contributed by atoms with Crippen LogP contribution in [0.1, 0.15) is 17.5 Å². The Hall–Kier alpha value is -1.04. The van der Waals surface area contributed by atoms with Gasteiger partial charge in [0, 0.05) is 24.3 Å². The number of amides is 1. The molecule has 0 N–H and O–H groups in total. The molecule has 6 heteroatoms. The summed E-state index contributed by atoms with van der Waals surface area (Å²) in [5.74, 6) is 0.0499. The smallest absolute Gasteiger partial charge is 0.341 e. The summed E-state index contributed by atoms with van der Waals surface area (Å²) in [6.45, 7) is 1.08. The van der Waals surface area contributed by atoms with Gasteiger partial charge in [-0.15, -0.1) is 0 Å². The Kier molecular flexibility index (Phi) is 4.18. The number of alkyl halides is 4. The van der Waals surface area contributed by atoms with Gasteiger partial charge in [-0.25, -0.2) is 0 Å². The number of hydrogen-bond acceptors (Lipinski definition) is 1. The lowest BCUT2D eigenvalue weighted by molar-refractivity contribution is -0.137. The molecule has 1 aromatic carbocycles. The van der Waals surface area contributed by atoms with Gasteiger partial charge >= 0.3 is 6.18 Å². The maximum Gasteiger partial charge on any atom is 0.416 e. The van der Waals surface area contributed by atoms with Gasteiger partial charge in [-0.3, -0.25) is 4.79 Å². The average Bonchev–Trinajstić information content (AvgIpc) is 2.64. The summed E-state index contributed by atoms with van der Waals surface area (Å²) in [4.78, 5) is 13.4. The minimum absolute atomic E-state index is 0.0499. The molecule has 2 rings (SSSR count). The minimum Gasteiger partial charge on any atom is -0.341 e. The van der Waals surface area contributed by atoms with Gasteiger partial charge in [-0.05, 0) is 18.1 Å². The van der Waals surface area contributed by atoms with E-state index in [9.17, 15) is 18.0 Å². The van der Waals surface area contributed by atoms with E-state index < -0.39 is 11.7 Å². The first-order chi connectivity index (χ1) is 8.86. The molecule has 0 spiro atoms. The Morgan fingerprint density at radius 3 is 2.68 bits per heavy atom. The number of halogens is 4. The van der Waals surface area contributed by atoms with E-state index in [4.69, 9.17) is 0 Å².